The molecule has 1 unspecified atom stereocenters. The molecule has 0 bridgehead atoms. The Kier molecular flexibility index (Phi) is 6.51. The third kappa shape index (κ3) is 4.35. The van der Waals surface area contributed by atoms with Gasteiger partial charge in [-0.25, -0.2) is 19.2 Å². The minimum atomic E-state index is -0.813. The molecule has 0 N–H and O–H groups in total. The van der Waals surface area contributed by atoms with Crippen LogP contribution in [-0.2, 0) is 11.3 Å². The summed E-state index contributed by atoms with van der Waals surface area (Å²) in [7, 11) is 3.32. The molecule has 2 amide bonds. The summed E-state index contributed by atoms with van der Waals surface area (Å²) in [6.45, 7) is 3.07. The number of amides is 2. The molecule has 2 aliphatic heterocycles. The van der Waals surface area contributed by atoms with Crippen molar-refractivity contribution < 1.29 is 18.7 Å². The van der Waals surface area contributed by atoms with Crippen LogP contribution in [0.15, 0.2) is 54.7 Å². The molecule has 36 heavy (non-hydrogen) atoms. The van der Waals surface area contributed by atoms with Gasteiger partial charge >= 0.3 is 6.03 Å². The van der Waals surface area contributed by atoms with Gasteiger partial charge in [0, 0.05) is 39.8 Å². The Balaban J connectivity index is 1.33. The van der Waals surface area contributed by atoms with Gasteiger partial charge in [-0.05, 0) is 29.8 Å². The van der Waals surface area contributed by atoms with Crippen molar-refractivity contribution in [3.05, 3.63) is 66.1 Å². The molecule has 0 radical (unpaired) electrons. The number of hydrogen-bond donors (Lipinski definition) is 0. The maximum Gasteiger partial charge on any atom is 0.326 e. The van der Waals surface area contributed by atoms with Gasteiger partial charge in [-0.1, -0.05) is 24.3 Å². The van der Waals surface area contributed by atoms with Crippen LogP contribution in [0, 0.1) is 5.82 Å². The zero-order chi connectivity index (χ0) is 25.2. The second kappa shape index (κ2) is 9.90. The van der Waals surface area contributed by atoms with Gasteiger partial charge in [0.15, 0.2) is 24.1 Å². The smallest absolute Gasteiger partial charge is 0.326 e. The molecule has 1 fully saturated rings. The molecule has 5 rings (SSSR count). The topological polar surface area (TPSA) is 82.1 Å². The summed E-state index contributed by atoms with van der Waals surface area (Å²) in [5, 5.41) is 0. The van der Waals surface area contributed by atoms with Crippen molar-refractivity contribution >= 4 is 23.8 Å². The van der Waals surface area contributed by atoms with Crippen molar-refractivity contribution in [1.29, 1.82) is 0 Å². The maximum atomic E-state index is 13.6. The summed E-state index contributed by atoms with van der Waals surface area (Å²) >= 11 is 0. The van der Waals surface area contributed by atoms with E-state index in [2.05, 4.69) is 14.9 Å². The van der Waals surface area contributed by atoms with E-state index in [0.717, 1.165) is 17.4 Å². The van der Waals surface area contributed by atoms with Gasteiger partial charge in [0.2, 0.25) is 0 Å². The fourth-order valence-electron chi connectivity index (χ4n) is 4.66. The lowest BCUT2D eigenvalue weighted by Crippen LogP contribution is -2.56. The van der Waals surface area contributed by atoms with Crippen LogP contribution in [-0.4, -0.2) is 78.6 Å². The van der Waals surface area contributed by atoms with E-state index in [4.69, 9.17) is 4.74 Å². The predicted molar refractivity (Wildman–Crippen MR) is 133 cm³/mol. The maximum absolute atomic E-state index is 13.6. The van der Waals surface area contributed by atoms with Crippen molar-refractivity contribution in [3.8, 4) is 17.1 Å². The molecule has 9 nitrogen and oxygen atoms in total. The third-order valence-electron chi connectivity index (χ3n) is 6.64. The highest BCUT2D eigenvalue weighted by Gasteiger charge is 2.41. The van der Waals surface area contributed by atoms with Crippen LogP contribution in [0.3, 0.4) is 0 Å². The van der Waals surface area contributed by atoms with E-state index in [1.165, 1.54) is 17.0 Å². The lowest BCUT2D eigenvalue weighted by Gasteiger charge is -2.37. The number of methoxy groups -OCH3 is 1. The van der Waals surface area contributed by atoms with Crippen molar-refractivity contribution in [2.45, 2.75) is 12.7 Å². The standard InChI is InChI=1S/C26H27FN6O3/c1-30-23(17-34)33(21-15-28-24(29-25(21)30)20-5-3-4-6-22(20)36-2)26(35)32-13-11-31(12-14-32)16-18-7-9-19(27)10-8-18/h3-10,15,17,23H,11-14,16H2,1-2H3. The lowest BCUT2D eigenvalue weighted by atomic mass is 10.2. The molecule has 3 aromatic rings. The first-order chi connectivity index (χ1) is 17.5. The summed E-state index contributed by atoms with van der Waals surface area (Å²) in [4.78, 5) is 41.9. The number of halogens is 1. The van der Waals surface area contributed by atoms with Gasteiger partial charge in [0.05, 0.1) is 18.9 Å². The summed E-state index contributed by atoms with van der Waals surface area (Å²) in [6.07, 6.45) is 1.52. The van der Waals surface area contributed by atoms with Crippen LogP contribution in [0.4, 0.5) is 20.7 Å². The number of nitrogens with zero attached hydrogens (tertiary/aromatic N) is 6. The molecule has 3 heterocycles. The lowest BCUT2D eigenvalue weighted by molar-refractivity contribution is -0.108. The van der Waals surface area contributed by atoms with E-state index in [0.29, 0.717) is 55.8 Å². The van der Waals surface area contributed by atoms with Crippen LogP contribution in [0.25, 0.3) is 11.4 Å². The number of benzene rings is 2. The van der Waals surface area contributed by atoms with E-state index in [1.54, 1.807) is 42.3 Å². The van der Waals surface area contributed by atoms with Crippen LogP contribution in [0.2, 0.25) is 0 Å². The number of aldehydes is 1. The largest absolute Gasteiger partial charge is 0.496 e. The van der Waals surface area contributed by atoms with Gasteiger partial charge in [-0.3, -0.25) is 14.6 Å². The van der Waals surface area contributed by atoms with Crippen LogP contribution >= 0.6 is 0 Å². The van der Waals surface area contributed by atoms with E-state index >= 15 is 0 Å². The van der Waals surface area contributed by atoms with Gasteiger partial charge in [-0.2, -0.15) is 0 Å². The number of hydrogen-bond acceptors (Lipinski definition) is 7. The highest BCUT2D eigenvalue weighted by atomic mass is 19.1. The van der Waals surface area contributed by atoms with Crippen LogP contribution in [0.5, 0.6) is 5.75 Å². The highest BCUT2D eigenvalue weighted by Crippen LogP contribution is 2.39. The number of urea groups is 1. The van der Waals surface area contributed by atoms with Crippen LogP contribution in [0.1, 0.15) is 5.56 Å². The Morgan fingerprint density at radius 1 is 1.11 bits per heavy atom. The monoisotopic (exact) mass is 490 g/mol. The minimum absolute atomic E-state index is 0.256. The van der Waals surface area contributed by atoms with Crippen LogP contribution < -0.4 is 14.5 Å². The molecule has 0 saturated carbocycles. The SMILES string of the molecule is COc1ccccc1-c1ncc2c(n1)N(C)C(C=O)N2C(=O)N1CCN(Cc2ccc(F)cc2)CC1. The van der Waals surface area contributed by atoms with E-state index < -0.39 is 6.17 Å². The van der Waals surface area contributed by atoms with Gasteiger partial charge < -0.3 is 14.5 Å². The van der Waals surface area contributed by atoms with E-state index in [1.807, 2.05) is 24.3 Å². The average Bonchev–Trinajstić information content (AvgIpc) is 3.20. The minimum Gasteiger partial charge on any atom is -0.496 e. The first-order valence-electron chi connectivity index (χ1n) is 11.7. The molecule has 0 spiro atoms. The zero-order valence-electron chi connectivity index (χ0n) is 20.2. The number of para-hydroxylation sites is 1. The first-order valence-corrected chi connectivity index (χ1v) is 11.7. The number of fused-ring (bicyclic) bond motifs is 1. The van der Waals surface area contributed by atoms with Gasteiger partial charge in [0.25, 0.3) is 0 Å². The Morgan fingerprint density at radius 2 is 1.83 bits per heavy atom. The Bertz CT molecular complexity index is 1260. The summed E-state index contributed by atoms with van der Waals surface area (Å²) in [6, 6.07) is 13.6. The van der Waals surface area contributed by atoms with Crippen molar-refractivity contribution in [3.63, 3.8) is 0 Å². The molecule has 1 atom stereocenters. The zero-order valence-corrected chi connectivity index (χ0v) is 20.2. The normalized spacial score (nSPS) is 17.8. The number of likely N-dealkylation sites (N-methyl/N-ethyl adjacent to an activating group) is 1. The molecule has 1 saturated heterocycles. The van der Waals surface area contributed by atoms with Gasteiger partial charge in [-0.15, -0.1) is 0 Å². The highest BCUT2D eigenvalue weighted by molar-refractivity contribution is 6.03. The predicted octanol–water partition coefficient (Wildman–Crippen LogP) is 3.01. The van der Waals surface area contributed by atoms with Crippen molar-refractivity contribution in [2.24, 2.45) is 0 Å². The molecule has 2 aromatic carbocycles. The Morgan fingerprint density at radius 3 is 2.53 bits per heavy atom. The molecule has 2 aliphatic rings. The number of anilines is 2. The second-order valence-corrected chi connectivity index (χ2v) is 8.81. The summed E-state index contributed by atoms with van der Waals surface area (Å²) in [5.74, 6) is 1.34. The Labute approximate surface area is 208 Å². The number of piperazine rings is 1. The fraction of sp³-hybridized carbons (Fsp3) is 0.308. The van der Waals surface area contributed by atoms with Crippen molar-refractivity contribution in [2.75, 3.05) is 50.1 Å². The summed E-state index contributed by atoms with van der Waals surface area (Å²) < 4.78 is 18.6. The average molecular weight is 491 g/mol. The number of carbonyl (C=O) groups is 2. The molecule has 10 heteroatoms. The molecule has 186 valence electrons. The number of rotatable bonds is 5. The molecular formula is C26H27FN6O3. The number of carbonyl (C=O) groups excluding carboxylic acids is 2. The number of aromatic nitrogens is 2. The second-order valence-electron chi connectivity index (χ2n) is 8.81. The first kappa shape index (κ1) is 23.7. The third-order valence-corrected chi connectivity index (χ3v) is 6.64. The molecule has 1 aromatic heterocycles. The van der Waals surface area contributed by atoms with E-state index in [9.17, 15) is 14.0 Å². The van der Waals surface area contributed by atoms with Crippen molar-refractivity contribution in [1.82, 2.24) is 19.8 Å². The Hall–Kier alpha value is -4.05. The number of ether oxygens (including phenoxy) is 1. The fourth-order valence-corrected chi connectivity index (χ4v) is 4.66. The molecular weight excluding hydrogens is 463 g/mol. The summed E-state index contributed by atoms with van der Waals surface area (Å²) in [5.41, 5.74) is 2.24. The molecule has 0 aliphatic carbocycles. The quantitative estimate of drug-likeness (QED) is 0.509. The van der Waals surface area contributed by atoms with E-state index in [-0.39, 0.29) is 11.8 Å². The van der Waals surface area contributed by atoms with Gasteiger partial charge in [0.1, 0.15) is 17.3 Å².